The van der Waals surface area contributed by atoms with E-state index in [1.807, 2.05) is 0 Å². The maximum Gasteiger partial charge on any atom is 0.253 e. The van der Waals surface area contributed by atoms with Crippen LogP contribution in [0.2, 0.25) is 0 Å². The lowest BCUT2D eigenvalue weighted by Gasteiger charge is -2.04. The highest BCUT2D eigenvalue weighted by atomic mass is 32.1. The minimum atomic E-state index is -0.390. The number of amides is 2. The lowest BCUT2D eigenvalue weighted by Crippen LogP contribution is -2.32. The Kier molecular flexibility index (Phi) is 5.08. The third kappa shape index (κ3) is 4.12. The van der Waals surface area contributed by atoms with Gasteiger partial charge in [0.05, 0.1) is 23.5 Å². The molecule has 0 aromatic carbocycles. The van der Waals surface area contributed by atoms with Gasteiger partial charge in [-0.3, -0.25) is 9.59 Å². The molecule has 2 N–H and O–H groups in total. The molecule has 0 unspecified atom stereocenters. The first kappa shape index (κ1) is 17.7. The predicted octanol–water partition coefficient (Wildman–Crippen LogP) is 2.36. The second-order valence-corrected chi connectivity index (χ2v) is 6.46. The number of hydrogen-bond acceptors (Lipinski definition) is 5. The fourth-order valence-corrected chi connectivity index (χ4v) is 2.92. The Balaban J connectivity index is 1.57. The van der Waals surface area contributed by atoms with Gasteiger partial charge in [-0.1, -0.05) is 0 Å². The van der Waals surface area contributed by atoms with Gasteiger partial charge in [-0.05, 0) is 25.1 Å². The van der Waals surface area contributed by atoms with Crippen LogP contribution in [0.15, 0.2) is 36.0 Å². The summed E-state index contributed by atoms with van der Waals surface area (Å²) in [7, 11) is 1.81. The van der Waals surface area contributed by atoms with E-state index in [-0.39, 0.29) is 24.0 Å². The van der Waals surface area contributed by atoms with Gasteiger partial charge in [-0.25, -0.2) is 14.4 Å². The summed E-state index contributed by atoms with van der Waals surface area (Å²) < 4.78 is 15.0. The SMILES string of the molecule is Cc1nc(-c2csc(NC(=O)CNC(=O)c3ccn(C)c3)n2)ccc1F. The molecule has 0 aliphatic heterocycles. The molecule has 0 aliphatic carbocycles. The molecule has 7 nitrogen and oxygen atoms in total. The molecule has 2 amide bonds. The lowest BCUT2D eigenvalue weighted by atomic mass is 10.2. The van der Waals surface area contributed by atoms with Gasteiger partial charge in [0.15, 0.2) is 5.13 Å². The van der Waals surface area contributed by atoms with E-state index in [4.69, 9.17) is 0 Å². The first-order chi connectivity index (χ1) is 12.4. The summed E-state index contributed by atoms with van der Waals surface area (Å²) in [6.07, 6.45) is 3.41. The molecule has 0 saturated carbocycles. The molecule has 0 saturated heterocycles. The predicted molar refractivity (Wildman–Crippen MR) is 96.4 cm³/mol. The largest absolute Gasteiger partial charge is 0.356 e. The zero-order valence-corrected chi connectivity index (χ0v) is 14.9. The molecule has 134 valence electrons. The highest BCUT2D eigenvalue weighted by Gasteiger charge is 2.12. The minimum absolute atomic E-state index is 0.170. The number of thiazole rings is 1. The maximum atomic E-state index is 13.3. The van der Waals surface area contributed by atoms with Gasteiger partial charge in [0.1, 0.15) is 11.5 Å². The average molecular weight is 373 g/mol. The summed E-state index contributed by atoms with van der Waals surface area (Å²) in [6.45, 7) is 1.40. The van der Waals surface area contributed by atoms with E-state index in [0.29, 0.717) is 22.1 Å². The molecule has 0 aliphatic rings. The molecular weight excluding hydrogens is 357 g/mol. The molecule has 0 spiro atoms. The molecule has 26 heavy (non-hydrogen) atoms. The number of nitrogens with one attached hydrogen (secondary N) is 2. The second kappa shape index (κ2) is 7.44. The highest BCUT2D eigenvalue weighted by molar-refractivity contribution is 7.14. The number of carbonyl (C=O) groups excluding carboxylic acids is 2. The van der Waals surface area contributed by atoms with Crippen LogP contribution in [-0.2, 0) is 11.8 Å². The number of aromatic nitrogens is 3. The van der Waals surface area contributed by atoms with Crippen molar-refractivity contribution in [3.8, 4) is 11.4 Å². The molecule has 3 aromatic rings. The van der Waals surface area contributed by atoms with E-state index in [0.717, 1.165) is 0 Å². The van der Waals surface area contributed by atoms with E-state index < -0.39 is 5.91 Å². The first-order valence-corrected chi connectivity index (χ1v) is 8.59. The summed E-state index contributed by atoms with van der Waals surface area (Å²) in [4.78, 5) is 32.3. The van der Waals surface area contributed by atoms with Gasteiger partial charge in [0.25, 0.3) is 5.91 Å². The molecular formula is C17H16FN5O2S. The van der Waals surface area contributed by atoms with E-state index in [9.17, 15) is 14.0 Å². The van der Waals surface area contributed by atoms with Crippen molar-refractivity contribution in [2.75, 3.05) is 11.9 Å². The summed E-state index contributed by atoms with van der Waals surface area (Å²) >= 11 is 1.22. The lowest BCUT2D eigenvalue weighted by molar-refractivity contribution is -0.115. The van der Waals surface area contributed by atoms with E-state index in [1.165, 1.54) is 23.5 Å². The summed E-state index contributed by atoms with van der Waals surface area (Å²) in [5.41, 5.74) is 1.83. The van der Waals surface area contributed by atoms with Crippen molar-refractivity contribution in [2.45, 2.75) is 6.92 Å². The van der Waals surface area contributed by atoms with Gasteiger partial charge in [0, 0.05) is 24.8 Å². The number of anilines is 1. The molecule has 0 radical (unpaired) electrons. The van der Waals surface area contributed by atoms with Crippen LogP contribution in [0, 0.1) is 12.7 Å². The van der Waals surface area contributed by atoms with Gasteiger partial charge in [-0.2, -0.15) is 0 Å². The van der Waals surface area contributed by atoms with Crippen LogP contribution in [0.4, 0.5) is 9.52 Å². The van der Waals surface area contributed by atoms with Gasteiger partial charge >= 0.3 is 0 Å². The topological polar surface area (TPSA) is 88.9 Å². The smallest absolute Gasteiger partial charge is 0.253 e. The van der Waals surface area contributed by atoms with Crippen LogP contribution in [-0.4, -0.2) is 32.9 Å². The third-order valence-electron chi connectivity index (χ3n) is 3.54. The highest BCUT2D eigenvalue weighted by Crippen LogP contribution is 2.24. The summed E-state index contributed by atoms with van der Waals surface area (Å²) in [5, 5.41) is 7.26. The van der Waals surface area contributed by atoms with Crippen LogP contribution in [0.1, 0.15) is 16.1 Å². The van der Waals surface area contributed by atoms with Crippen LogP contribution in [0.3, 0.4) is 0 Å². The van der Waals surface area contributed by atoms with Crippen molar-refractivity contribution in [3.63, 3.8) is 0 Å². The standard InChI is InChI=1S/C17H16FN5O2S/c1-10-12(18)3-4-13(20-10)14-9-26-17(21-14)22-15(24)7-19-16(25)11-5-6-23(2)8-11/h3-6,8-9H,7H2,1-2H3,(H,19,25)(H,21,22,24). The maximum absolute atomic E-state index is 13.3. The van der Waals surface area contributed by atoms with Crippen molar-refractivity contribution in [1.29, 1.82) is 0 Å². The van der Waals surface area contributed by atoms with Crippen molar-refractivity contribution in [1.82, 2.24) is 19.9 Å². The Morgan fingerprint density at radius 3 is 2.73 bits per heavy atom. The van der Waals surface area contributed by atoms with Crippen LogP contribution in [0.5, 0.6) is 0 Å². The molecule has 3 heterocycles. The van der Waals surface area contributed by atoms with Crippen molar-refractivity contribution < 1.29 is 14.0 Å². The monoisotopic (exact) mass is 373 g/mol. The molecule has 3 rings (SSSR count). The molecule has 0 atom stereocenters. The van der Waals surface area contributed by atoms with Crippen molar-refractivity contribution in [2.24, 2.45) is 7.05 Å². The fraction of sp³-hybridized carbons (Fsp3) is 0.176. The van der Waals surface area contributed by atoms with E-state index in [1.54, 1.807) is 42.4 Å². The Morgan fingerprint density at radius 2 is 2.04 bits per heavy atom. The van der Waals surface area contributed by atoms with Crippen molar-refractivity contribution >= 4 is 28.3 Å². The van der Waals surface area contributed by atoms with Gasteiger partial charge in [-0.15, -0.1) is 11.3 Å². The number of rotatable bonds is 5. The number of halogens is 1. The Hall–Kier alpha value is -3.07. The third-order valence-corrected chi connectivity index (χ3v) is 4.30. The minimum Gasteiger partial charge on any atom is -0.356 e. The van der Waals surface area contributed by atoms with Crippen LogP contribution >= 0.6 is 11.3 Å². The Morgan fingerprint density at radius 1 is 1.23 bits per heavy atom. The average Bonchev–Trinajstić information content (AvgIpc) is 3.24. The number of aryl methyl sites for hydroxylation is 2. The Labute approximate surface area is 152 Å². The van der Waals surface area contributed by atoms with Crippen molar-refractivity contribution in [3.05, 3.63) is 53.0 Å². The number of hydrogen-bond donors (Lipinski definition) is 2. The summed E-state index contributed by atoms with van der Waals surface area (Å²) in [5.74, 6) is -1.10. The summed E-state index contributed by atoms with van der Waals surface area (Å²) in [6, 6.07) is 4.52. The number of pyridine rings is 1. The quantitative estimate of drug-likeness (QED) is 0.719. The fourth-order valence-electron chi connectivity index (χ4n) is 2.20. The first-order valence-electron chi connectivity index (χ1n) is 7.71. The van der Waals surface area contributed by atoms with Gasteiger partial charge in [0.2, 0.25) is 5.91 Å². The normalized spacial score (nSPS) is 10.6. The molecule has 0 fully saturated rings. The van der Waals surface area contributed by atoms with E-state index in [2.05, 4.69) is 20.6 Å². The second-order valence-electron chi connectivity index (χ2n) is 5.60. The molecule has 0 bridgehead atoms. The zero-order chi connectivity index (χ0) is 18.7. The molecule has 9 heteroatoms. The zero-order valence-electron chi connectivity index (χ0n) is 14.1. The van der Waals surface area contributed by atoms with E-state index >= 15 is 0 Å². The van der Waals surface area contributed by atoms with Gasteiger partial charge < -0.3 is 15.2 Å². The molecule has 3 aromatic heterocycles. The number of nitrogens with zero attached hydrogens (tertiary/aromatic N) is 3. The van der Waals surface area contributed by atoms with Crippen LogP contribution in [0.25, 0.3) is 11.4 Å². The Bertz CT molecular complexity index is 966. The number of carbonyl (C=O) groups is 2. The van der Waals surface area contributed by atoms with Crippen LogP contribution < -0.4 is 10.6 Å².